The molecule has 112 valence electrons. The van der Waals surface area contributed by atoms with Crippen LogP contribution in [-0.4, -0.2) is 33.2 Å². The zero-order valence-electron chi connectivity index (χ0n) is 12.7. The fraction of sp³-hybridized carbons (Fsp3) is 0.375. The second kappa shape index (κ2) is 6.35. The molecule has 1 N–H and O–H groups in total. The number of amidine groups is 1. The van der Waals surface area contributed by atoms with Crippen molar-refractivity contribution in [2.75, 3.05) is 0 Å². The summed E-state index contributed by atoms with van der Waals surface area (Å²) in [6.07, 6.45) is 1.84. The quantitative estimate of drug-likeness (QED) is 0.870. The van der Waals surface area contributed by atoms with Crippen LogP contribution in [0.15, 0.2) is 34.2 Å². The van der Waals surface area contributed by atoms with Gasteiger partial charge in [0, 0.05) is 12.1 Å². The highest BCUT2D eigenvalue weighted by Crippen LogP contribution is 2.34. The van der Waals surface area contributed by atoms with Crippen molar-refractivity contribution < 1.29 is 9.90 Å². The number of carbonyl (C=O) groups excluding carboxylic acids is 1. The van der Waals surface area contributed by atoms with Gasteiger partial charge in [0.25, 0.3) is 5.91 Å². The van der Waals surface area contributed by atoms with Crippen LogP contribution in [0.5, 0.6) is 5.75 Å². The van der Waals surface area contributed by atoms with Crippen LogP contribution in [0.1, 0.15) is 33.3 Å². The summed E-state index contributed by atoms with van der Waals surface area (Å²) >= 11 is 1.41. The highest BCUT2D eigenvalue weighted by Gasteiger charge is 2.35. The first-order valence-corrected chi connectivity index (χ1v) is 7.80. The molecule has 2 rings (SSSR count). The lowest BCUT2D eigenvalue weighted by molar-refractivity contribution is -0.123. The third kappa shape index (κ3) is 3.67. The van der Waals surface area contributed by atoms with E-state index in [1.807, 2.05) is 33.8 Å². The molecule has 1 aromatic rings. The summed E-state index contributed by atoms with van der Waals surface area (Å²) < 4.78 is 0. The van der Waals surface area contributed by atoms with Crippen LogP contribution in [-0.2, 0) is 4.79 Å². The number of aromatic hydroxyl groups is 1. The van der Waals surface area contributed by atoms with Crippen molar-refractivity contribution in [1.29, 1.82) is 0 Å². The van der Waals surface area contributed by atoms with E-state index in [1.54, 1.807) is 29.2 Å². The topological polar surface area (TPSA) is 52.9 Å². The van der Waals surface area contributed by atoms with Gasteiger partial charge in [-0.2, -0.15) is 0 Å². The zero-order valence-corrected chi connectivity index (χ0v) is 13.5. The number of benzene rings is 1. The van der Waals surface area contributed by atoms with Crippen LogP contribution >= 0.6 is 11.8 Å². The predicted octanol–water partition coefficient (Wildman–Crippen LogP) is 3.48. The minimum atomic E-state index is -0.0116. The number of phenols is 1. The smallest absolute Gasteiger partial charge is 0.266 e. The Bertz CT molecular complexity index is 589. The van der Waals surface area contributed by atoms with Gasteiger partial charge in [0.2, 0.25) is 0 Å². The maximum absolute atomic E-state index is 12.5. The van der Waals surface area contributed by atoms with E-state index in [4.69, 9.17) is 0 Å². The largest absolute Gasteiger partial charge is 0.508 e. The fourth-order valence-electron chi connectivity index (χ4n) is 1.97. The molecule has 1 fully saturated rings. The Labute approximate surface area is 129 Å². The lowest BCUT2D eigenvalue weighted by atomic mass is 10.2. The summed E-state index contributed by atoms with van der Waals surface area (Å²) in [7, 11) is 0. The molecule has 4 nitrogen and oxygen atoms in total. The lowest BCUT2D eigenvalue weighted by Gasteiger charge is -2.20. The molecule has 1 aliphatic rings. The van der Waals surface area contributed by atoms with Crippen LogP contribution in [0, 0.1) is 0 Å². The molecule has 0 aliphatic carbocycles. The molecule has 0 aromatic heterocycles. The first-order chi connectivity index (χ1) is 9.88. The summed E-state index contributed by atoms with van der Waals surface area (Å²) in [5.41, 5.74) is 0.887. The fourth-order valence-corrected chi connectivity index (χ4v) is 3.21. The van der Waals surface area contributed by atoms with E-state index in [0.717, 1.165) is 10.7 Å². The van der Waals surface area contributed by atoms with E-state index in [0.29, 0.717) is 4.91 Å². The van der Waals surface area contributed by atoms with E-state index in [-0.39, 0.29) is 23.7 Å². The molecule has 0 radical (unpaired) electrons. The maximum atomic E-state index is 12.5. The first-order valence-electron chi connectivity index (χ1n) is 6.98. The van der Waals surface area contributed by atoms with E-state index < -0.39 is 0 Å². The number of phenolic OH excluding ortho intramolecular Hbond substituents is 1. The molecule has 1 saturated heterocycles. The number of aliphatic imine (C=N–C) groups is 1. The third-order valence-corrected chi connectivity index (χ3v) is 3.91. The molecule has 21 heavy (non-hydrogen) atoms. The van der Waals surface area contributed by atoms with Gasteiger partial charge in [-0.3, -0.25) is 14.7 Å². The molecule has 5 heteroatoms. The summed E-state index contributed by atoms with van der Waals surface area (Å²) in [5.74, 6) is 0.205. The Hall–Kier alpha value is -1.75. The highest BCUT2D eigenvalue weighted by atomic mass is 32.2. The molecule has 0 bridgehead atoms. The molecular weight excluding hydrogens is 284 g/mol. The van der Waals surface area contributed by atoms with Crippen LogP contribution < -0.4 is 0 Å². The second-order valence-electron chi connectivity index (χ2n) is 5.48. The second-order valence-corrected chi connectivity index (χ2v) is 6.49. The molecule has 1 aliphatic heterocycles. The average Bonchev–Trinajstić information content (AvgIpc) is 2.68. The van der Waals surface area contributed by atoms with Gasteiger partial charge in [-0.1, -0.05) is 12.1 Å². The van der Waals surface area contributed by atoms with Crippen molar-refractivity contribution in [3.63, 3.8) is 0 Å². The third-order valence-electron chi connectivity index (χ3n) is 2.91. The normalized spacial score (nSPS) is 19.5. The predicted molar refractivity (Wildman–Crippen MR) is 88.2 cm³/mol. The van der Waals surface area contributed by atoms with Gasteiger partial charge in [-0.15, -0.1) is 0 Å². The van der Waals surface area contributed by atoms with Gasteiger partial charge in [0.05, 0.1) is 4.91 Å². The van der Waals surface area contributed by atoms with Crippen molar-refractivity contribution in [1.82, 2.24) is 4.90 Å². The number of amides is 1. The summed E-state index contributed by atoms with van der Waals surface area (Å²) in [6.45, 7) is 7.96. The van der Waals surface area contributed by atoms with Gasteiger partial charge in [0.1, 0.15) is 5.75 Å². The van der Waals surface area contributed by atoms with E-state index in [2.05, 4.69) is 4.99 Å². The van der Waals surface area contributed by atoms with E-state index in [9.17, 15) is 9.90 Å². The standard InChI is InChI=1S/C16H20N2O2S/c1-10(2)17-16-18(11(3)4)15(20)14(21-16)9-12-5-7-13(19)8-6-12/h5-11,19H,1-4H3/b14-9+,17-16?. The Morgan fingerprint density at radius 3 is 2.33 bits per heavy atom. The van der Waals surface area contributed by atoms with Crippen molar-refractivity contribution in [3.8, 4) is 5.75 Å². The average molecular weight is 304 g/mol. The Balaban J connectivity index is 2.34. The number of rotatable bonds is 3. The summed E-state index contributed by atoms with van der Waals surface area (Å²) in [6, 6.07) is 7.02. The summed E-state index contributed by atoms with van der Waals surface area (Å²) in [5, 5.41) is 10.1. The molecule has 0 spiro atoms. The van der Waals surface area contributed by atoms with Crippen LogP contribution in [0.3, 0.4) is 0 Å². The van der Waals surface area contributed by atoms with Gasteiger partial charge in [-0.05, 0) is 63.2 Å². The van der Waals surface area contributed by atoms with E-state index in [1.165, 1.54) is 11.8 Å². The Kier molecular flexibility index (Phi) is 4.73. The van der Waals surface area contributed by atoms with Crippen molar-refractivity contribution >= 4 is 28.9 Å². The SMILES string of the molecule is CC(C)N=C1S/C(=C/c2ccc(O)cc2)C(=O)N1C(C)C. The number of hydrogen-bond acceptors (Lipinski definition) is 4. The van der Waals surface area contributed by atoms with Gasteiger partial charge < -0.3 is 5.11 Å². The van der Waals surface area contributed by atoms with Crippen molar-refractivity contribution in [3.05, 3.63) is 34.7 Å². The molecule has 0 atom stereocenters. The van der Waals surface area contributed by atoms with Crippen LogP contribution in [0.4, 0.5) is 0 Å². The van der Waals surface area contributed by atoms with E-state index >= 15 is 0 Å². The van der Waals surface area contributed by atoms with Gasteiger partial charge >= 0.3 is 0 Å². The number of carbonyl (C=O) groups is 1. The molecule has 0 unspecified atom stereocenters. The lowest BCUT2D eigenvalue weighted by Crippen LogP contribution is -2.35. The molecular formula is C16H20N2O2S. The zero-order chi connectivity index (χ0) is 15.6. The number of hydrogen-bond donors (Lipinski definition) is 1. The van der Waals surface area contributed by atoms with Gasteiger partial charge in [0.15, 0.2) is 5.17 Å². The summed E-state index contributed by atoms with van der Waals surface area (Å²) in [4.78, 5) is 19.5. The molecule has 0 saturated carbocycles. The Morgan fingerprint density at radius 1 is 1.19 bits per heavy atom. The minimum Gasteiger partial charge on any atom is -0.508 e. The maximum Gasteiger partial charge on any atom is 0.266 e. The van der Waals surface area contributed by atoms with Gasteiger partial charge in [-0.25, -0.2) is 0 Å². The number of thioether (sulfide) groups is 1. The molecule has 1 amide bonds. The van der Waals surface area contributed by atoms with Crippen LogP contribution in [0.2, 0.25) is 0 Å². The van der Waals surface area contributed by atoms with Crippen LogP contribution in [0.25, 0.3) is 6.08 Å². The molecule has 1 aromatic carbocycles. The molecule has 1 heterocycles. The highest BCUT2D eigenvalue weighted by molar-refractivity contribution is 8.18. The minimum absolute atomic E-state index is 0.0116. The Morgan fingerprint density at radius 2 is 1.81 bits per heavy atom. The van der Waals surface area contributed by atoms with Crippen molar-refractivity contribution in [2.45, 2.75) is 39.8 Å². The number of nitrogens with zero attached hydrogens (tertiary/aromatic N) is 2. The van der Waals surface area contributed by atoms with Crippen molar-refractivity contribution in [2.24, 2.45) is 4.99 Å². The first kappa shape index (κ1) is 15.6. The monoisotopic (exact) mass is 304 g/mol.